The molecule has 2 unspecified atom stereocenters. The van der Waals surface area contributed by atoms with Crippen molar-refractivity contribution in [3.8, 4) is 11.8 Å². The second-order valence-electron chi connectivity index (χ2n) is 5.67. The maximum Gasteiger partial charge on any atom is 0.119 e. The zero-order valence-electron chi connectivity index (χ0n) is 11.2. The first-order valence-electron chi connectivity index (χ1n) is 7.22. The second-order valence-corrected chi connectivity index (χ2v) is 5.67. The van der Waals surface area contributed by atoms with Crippen LogP contribution in [0.3, 0.4) is 0 Å². The zero-order chi connectivity index (χ0) is 13.1. The highest BCUT2D eigenvalue weighted by molar-refractivity contribution is 5.34. The molecule has 0 aromatic heterocycles. The largest absolute Gasteiger partial charge is 0.494 e. The van der Waals surface area contributed by atoms with Crippen LogP contribution in [0.4, 0.5) is 0 Å². The van der Waals surface area contributed by atoms with E-state index in [2.05, 4.69) is 11.0 Å². The second kappa shape index (κ2) is 5.63. The number of nitriles is 1. The van der Waals surface area contributed by atoms with Crippen molar-refractivity contribution in [3.05, 3.63) is 29.8 Å². The van der Waals surface area contributed by atoms with Gasteiger partial charge in [0.1, 0.15) is 5.75 Å². The van der Waals surface area contributed by atoms with Crippen LogP contribution in [0.5, 0.6) is 5.75 Å². The number of fused-ring (bicyclic) bond motifs is 2. The van der Waals surface area contributed by atoms with E-state index < -0.39 is 0 Å². The number of piperidine rings is 1. The van der Waals surface area contributed by atoms with Crippen LogP contribution >= 0.6 is 0 Å². The molecule has 19 heavy (non-hydrogen) atoms. The monoisotopic (exact) mass is 256 g/mol. The van der Waals surface area contributed by atoms with Crippen LogP contribution in [0.25, 0.3) is 0 Å². The Labute approximate surface area is 114 Å². The SMILES string of the molecule is N#Cc1ccc(OCCCN2CC3CCC2C3)cc1. The Balaban J connectivity index is 1.37. The average Bonchev–Trinajstić information content (AvgIpc) is 3.07. The van der Waals surface area contributed by atoms with Gasteiger partial charge in [-0.3, -0.25) is 4.90 Å². The summed E-state index contributed by atoms with van der Waals surface area (Å²) in [7, 11) is 0. The van der Waals surface area contributed by atoms with Crippen molar-refractivity contribution < 1.29 is 4.74 Å². The standard InChI is InChI=1S/C16H20N2O/c17-11-13-3-6-16(7-4-13)19-9-1-8-18-12-14-2-5-15(18)10-14/h3-4,6-7,14-15H,1-2,5,8-10,12H2. The van der Waals surface area contributed by atoms with Gasteiger partial charge in [-0.25, -0.2) is 0 Å². The summed E-state index contributed by atoms with van der Waals surface area (Å²) in [6, 6.07) is 10.3. The molecule has 100 valence electrons. The van der Waals surface area contributed by atoms with Gasteiger partial charge in [-0.15, -0.1) is 0 Å². The lowest BCUT2D eigenvalue weighted by Gasteiger charge is -2.26. The molecule has 2 bridgehead atoms. The number of benzene rings is 1. The first kappa shape index (κ1) is 12.5. The number of likely N-dealkylation sites (tertiary alicyclic amines) is 1. The van der Waals surface area contributed by atoms with E-state index in [9.17, 15) is 0 Å². The summed E-state index contributed by atoms with van der Waals surface area (Å²) in [6.07, 6.45) is 5.36. The Kier molecular flexibility index (Phi) is 3.70. The lowest BCUT2D eigenvalue weighted by Crippen LogP contribution is -2.33. The topological polar surface area (TPSA) is 36.3 Å². The predicted octanol–water partition coefficient (Wildman–Crippen LogP) is 2.81. The number of ether oxygens (including phenoxy) is 1. The fourth-order valence-electron chi connectivity index (χ4n) is 3.38. The number of rotatable bonds is 5. The van der Waals surface area contributed by atoms with Crippen LogP contribution in [0.1, 0.15) is 31.2 Å². The van der Waals surface area contributed by atoms with Crippen LogP contribution in [0.15, 0.2) is 24.3 Å². The summed E-state index contributed by atoms with van der Waals surface area (Å²) < 4.78 is 5.71. The Morgan fingerprint density at radius 3 is 2.74 bits per heavy atom. The molecule has 0 radical (unpaired) electrons. The molecule has 1 aliphatic heterocycles. The number of hydrogen-bond donors (Lipinski definition) is 0. The molecule has 2 atom stereocenters. The number of nitrogens with zero attached hydrogens (tertiary/aromatic N) is 2. The first-order chi connectivity index (χ1) is 9.35. The van der Waals surface area contributed by atoms with Crippen molar-refractivity contribution in [1.29, 1.82) is 5.26 Å². The van der Waals surface area contributed by atoms with Gasteiger partial charge in [0.05, 0.1) is 18.2 Å². The van der Waals surface area contributed by atoms with Gasteiger partial charge >= 0.3 is 0 Å². The molecule has 0 N–H and O–H groups in total. The van der Waals surface area contributed by atoms with E-state index in [0.29, 0.717) is 5.56 Å². The molecule has 2 fully saturated rings. The molecule has 3 nitrogen and oxygen atoms in total. The molecule has 3 rings (SSSR count). The summed E-state index contributed by atoms with van der Waals surface area (Å²) in [5, 5.41) is 8.72. The smallest absolute Gasteiger partial charge is 0.119 e. The highest BCUT2D eigenvalue weighted by Crippen LogP contribution is 2.37. The van der Waals surface area contributed by atoms with Gasteiger partial charge in [-0.1, -0.05) is 0 Å². The van der Waals surface area contributed by atoms with E-state index in [-0.39, 0.29) is 0 Å². The molecular weight excluding hydrogens is 236 g/mol. The lowest BCUT2D eigenvalue weighted by molar-refractivity contribution is 0.192. The third kappa shape index (κ3) is 2.90. The summed E-state index contributed by atoms with van der Waals surface area (Å²) >= 11 is 0. The molecule has 0 amide bonds. The molecule has 1 aromatic carbocycles. The van der Waals surface area contributed by atoms with Crippen molar-refractivity contribution in [2.75, 3.05) is 19.7 Å². The third-order valence-electron chi connectivity index (χ3n) is 4.36. The maximum atomic E-state index is 8.72. The summed E-state index contributed by atoms with van der Waals surface area (Å²) in [5.41, 5.74) is 0.681. The molecule has 1 heterocycles. The van der Waals surface area contributed by atoms with Gasteiger partial charge in [0.2, 0.25) is 0 Å². The van der Waals surface area contributed by atoms with Crippen molar-refractivity contribution in [2.24, 2.45) is 5.92 Å². The molecule has 0 spiro atoms. The van der Waals surface area contributed by atoms with Gasteiger partial charge in [-0.05, 0) is 55.9 Å². The highest BCUT2D eigenvalue weighted by Gasteiger charge is 2.36. The van der Waals surface area contributed by atoms with E-state index in [4.69, 9.17) is 10.00 Å². The molecule has 1 saturated heterocycles. The van der Waals surface area contributed by atoms with Crippen LogP contribution in [-0.4, -0.2) is 30.6 Å². The molecule has 1 saturated carbocycles. The Bertz CT molecular complexity index is 463. The van der Waals surface area contributed by atoms with E-state index >= 15 is 0 Å². The Morgan fingerprint density at radius 1 is 1.26 bits per heavy atom. The Morgan fingerprint density at radius 2 is 2.11 bits per heavy atom. The minimum Gasteiger partial charge on any atom is -0.494 e. The van der Waals surface area contributed by atoms with Crippen LogP contribution in [0, 0.1) is 17.2 Å². The fourth-order valence-corrected chi connectivity index (χ4v) is 3.38. The third-order valence-corrected chi connectivity index (χ3v) is 4.36. The van der Waals surface area contributed by atoms with Gasteiger partial charge < -0.3 is 4.74 Å². The van der Waals surface area contributed by atoms with Crippen LogP contribution < -0.4 is 4.74 Å². The lowest BCUT2D eigenvalue weighted by atomic mass is 10.1. The maximum absolute atomic E-state index is 8.72. The quantitative estimate of drug-likeness (QED) is 0.760. The van der Waals surface area contributed by atoms with Gasteiger partial charge in [-0.2, -0.15) is 5.26 Å². The van der Waals surface area contributed by atoms with Crippen LogP contribution in [0.2, 0.25) is 0 Å². The summed E-state index contributed by atoms with van der Waals surface area (Å²) in [5.74, 6) is 1.84. The molecule has 3 heteroatoms. The fraction of sp³-hybridized carbons (Fsp3) is 0.562. The summed E-state index contributed by atoms with van der Waals surface area (Å²) in [6.45, 7) is 3.23. The molecular formula is C16H20N2O. The van der Waals surface area contributed by atoms with E-state index in [1.807, 2.05) is 12.1 Å². The van der Waals surface area contributed by atoms with Crippen molar-refractivity contribution in [1.82, 2.24) is 4.90 Å². The molecule has 2 aliphatic rings. The van der Waals surface area contributed by atoms with E-state index in [1.165, 1.54) is 25.8 Å². The van der Waals surface area contributed by atoms with Gasteiger partial charge in [0.25, 0.3) is 0 Å². The average molecular weight is 256 g/mol. The minimum absolute atomic E-state index is 0.681. The van der Waals surface area contributed by atoms with E-state index in [1.54, 1.807) is 12.1 Å². The van der Waals surface area contributed by atoms with Gasteiger partial charge in [0, 0.05) is 19.1 Å². The zero-order valence-corrected chi connectivity index (χ0v) is 11.2. The van der Waals surface area contributed by atoms with Crippen molar-refractivity contribution >= 4 is 0 Å². The van der Waals surface area contributed by atoms with Crippen LogP contribution in [-0.2, 0) is 0 Å². The van der Waals surface area contributed by atoms with E-state index in [0.717, 1.165) is 37.3 Å². The van der Waals surface area contributed by atoms with Crippen molar-refractivity contribution in [2.45, 2.75) is 31.7 Å². The predicted molar refractivity (Wildman–Crippen MR) is 74.0 cm³/mol. The summed E-state index contributed by atoms with van der Waals surface area (Å²) in [4.78, 5) is 2.64. The normalized spacial score (nSPS) is 25.4. The van der Waals surface area contributed by atoms with Gasteiger partial charge in [0.15, 0.2) is 0 Å². The Hall–Kier alpha value is -1.53. The van der Waals surface area contributed by atoms with Crippen molar-refractivity contribution in [3.63, 3.8) is 0 Å². The number of hydrogen-bond acceptors (Lipinski definition) is 3. The molecule has 1 aliphatic carbocycles. The first-order valence-corrected chi connectivity index (χ1v) is 7.22. The minimum atomic E-state index is 0.681. The molecule has 1 aromatic rings. The highest BCUT2D eigenvalue weighted by atomic mass is 16.5.